The number of aryl methyl sites for hydroxylation is 1. The number of aromatic carboxylic acids is 1. The number of carbonyl (C=O) groups is 2. The molecule has 0 spiro atoms. The first kappa shape index (κ1) is 14.2. The molecule has 5 nitrogen and oxygen atoms in total. The third-order valence-electron chi connectivity index (χ3n) is 2.77. The fourth-order valence-corrected chi connectivity index (χ4v) is 2.72. The summed E-state index contributed by atoms with van der Waals surface area (Å²) in [7, 11) is 0. The molecule has 0 saturated carbocycles. The molecular formula is C14H14N2O3S. The van der Waals surface area contributed by atoms with Gasteiger partial charge in [-0.3, -0.25) is 9.69 Å². The molecule has 20 heavy (non-hydrogen) atoms. The number of nitrogens with zero attached hydrogens (tertiary/aromatic N) is 2. The number of thiazole rings is 1. The summed E-state index contributed by atoms with van der Waals surface area (Å²) in [5, 5.41) is 9.47. The molecule has 0 radical (unpaired) electrons. The van der Waals surface area contributed by atoms with Crippen LogP contribution in [0.4, 0.5) is 5.13 Å². The number of rotatable bonds is 4. The van der Waals surface area contributed by atoms with Gasteiger partial charge in [0.15, 0.2) is 5.13 Å². The highest BCUT2D eigenvalue weighted by molar-refractivity contribution is 7.17. The number of hydrogen-bond acceptors (Lipinski definition) is 4. The van der Waals surface area contributed by atoms with Gasteiger partial charge in [0.05, 0.1) is 12.2 Å². The highest BCUT2D eigenvalue weighted by Gasteiger charge is 2.20. The average molecular weight is 290 g/mol. The van der Waals surface area contributed by atoms with E-state index in [9.17, 15) is 9.59 Å². The van der Waals surface area contributed by atoms with Crippen LogP contribution >= 0.6 is 11.3 Å². The summed E-state index contributed by atoms with van der Waals surface area (Å²) in [6.07, 6.45) is 0. The molecule has 6 heteroatoms. The smallest absolute Gasteiger partial charge is 0.347 e. The van der Waals surface area contributed by atoms with Crippen LogP contribution in [0.3, 0.4) is 0 Å². The molecule has 0 saturated heterocycles. The minimum Gasteiger partial charge on any atom is -0.477 e. The Kier molecular flexibility index (Phi) is 4.14. The van der Waals surface area contributed by atoms with Gasteiger partial charge in [-0.05, 0) is 12.5 Å². The van der Waals surface area contributed by atoms with Crippen molar-refractivity contribution in [1.29, 1.82) is 0 Å². The largest absolute Gasteiger partial charge is 0.477 e. The average Bonchev–Trinajstić information content (AvgIpc) is 2.79. The number of hydrogen-bond donors (Lipinski definition) is 1. The molecule has 1 heterocycles. The summed E-state index contributed by atoms with van der Waals surface area (Å²) >= 11 is 1.02. The first-order valence-electron chi connectivity index (χ1n) is 6.01. The lowest BCUT2D eigenvalue weighted by Gasteiger charge is -2.17. The molecule has 104 valence electrons. The minimum absolute atomic E-state index is 0.166. The van der Waals surface area contributed by atoms with Crippen molar-refractivity contribution in [3.05, 3.63) is 46.5 Å². The van der Waals surface area contributed by atoms with Gasteiger partial charge in [0, 0.05) is 6.92 Å². The molecular weight excluding hydrogens is 276 g/mol. The van der Waals surface area contributed by atoms with Crippen molar-refractivity contribution in [1.82, 2.24) is 4.98 Å². The maximum atomic E-state index is 11.8. The summed E-state index contributed by atoms with van der Waals surface area (Å²) in [4.78, 5) is 28.7. The van der Waals surface area contributed by atoms with Crippen LogP contribution in [0.2, 0.25) is 0 Å². The van der Waals surface area contributed by atoms with Crippen LogP contribution in [0.15, 0.2) is 30.3 Å². The Balaban J connectivity index is 2.32. The van der Waals surface area contributed by atoms with E-state index in [0.29, 0.717) is 17.4 Å². The molecule has 0 aliphatic heterocycles. The molecule has 0 unspecified atom stereocenters. The highest BCUT2D eigenvalue weighted by Crippen LogP contribution is 2.27. The van der Waals surface area contributed by atoms with Crippen molar-refractivity contribution in [2.24, 2.45) is 0 Å². The number of carboxylic acids is 1. The van der Waals surface area contributed by atoms with Crippen molar-refractivity contribution in [2.45, 2.75) is 20.4 Å². The highest BCUT2D eigenvalue weighted by atomic mass is 32.1. The second-order valence-electron chi connectivity index (χ2n) is 4.31. The Morgan fingerprint density at radius 3 is 2.45 bits per heavy atom. The summed E-state index contributed by atoms with van der Waals surface area (Å²) in [6.45, 7) is 3.45. The third-order valence-corrected chi connectivity index (χ3v) is 3.94. The molecule has 1 aromatic heterocycles. The quantitative estimate of drug-likeness (QED) is 0.939. The Bertz CT molecular complexity index is 637. The van der Waals surface area contributed by atoms with Crippen LogP contribution in [-0.2, 0) is 11.3 Å². The molecule has 1 amide bonds. The van der Waals surface area contributed by atoms with Gasteiger partial charge in [-0.15, -0.1) is 0 Å². The Hall–Kier alpha value is -2.21. The lowest BCUT2D eigenvalue weighted by Crippen LogP contribution is -2.27. The molecule has 2 rings (SSSR count). The Morgan fingerprint density at radius 2 is 1.95 bits per heavy atom. The lowest BCUT2D eigenvalue weighted by molar-refractivity contribution is -0.116. The van der Waals surface area contributed by atoms with Gasteiger partial charge >= 0.3 is 5.97 Å². The van der Waals surface area contributed by atoms with E-state index in [1.807, 2.05) is 30.3 Å². The molecule has 0 aliphatic rings. The first-order chi connectivity index (χ1) is 9.49. The molecule has 0 bridgehead atoms. The van der Waals surface area contributed by atoms with Crippen LogP contribution in [0.25, 0.3) is 0 Å². The van der Waals surface area contributed by atoms with Gasteiger partial charge in [-0.2, -0.15) is 0 Å². The number of amides is 1. The van der Waals surface area contributed by atoms with Gasteiger partial charge in [-0.25, -0.2) is 9.78 Å². The molecule has 0 atom stereocenters. The molecule has 1 aromatic carbocycles. The summed E-state index contributed by atoms with van der Waals surface area (Å²) in [5.74, 6) is -1.19. The fourth-order valence-electron chi connectivity index (χ4n) is 1.78. The normalized spacial score (nSPS) is 10.3. The van der Waals surface area contributed by atoms with Crippen molar-refractivity contribution in [3.8, 4) is 0 Å². The van der Waals surface area contributed by atoms with E-state index >= 15 is 0 Å². The zero-order valence-electron chi connectivity index (χ0n) is 11.2. The number of carboxylic acid groups (broad SMARTS) is 1. The van der Waals surface area contributed by atoms with Crippen LogP contribution in [-0.4, -0.2) is 22.0 Å². The van der Waals surface area contributed by atoms with Crippen LogP contribution in [0, 0.1) is 6.92 Å². The van der Waals surface area contributed by atoms with Crippen LogP contribution < -0.4 is 4.90 Å². The van der Waals surface area contributed by atoms with Gasteiger partial charge < -0.3 is 5.11 Å². The van der Waals surface area contributed by atoms with Crippen molar-refractivity contribution in [3.63, 3.8) is 0 Å². The Labute approximate surface area is 120 Å². The number of benzene rings is 1. The summed E-state index contributed by atoms with van der Waals surface area (Å²) in [5.41, 5.74) is 1.39. The summed E-state index contributed by atoms with van der Waals surface area (Å²) in [6, 6.07) is 9.51. The topological polar surface area (TPSA) is 70.5 Å². The predicted octanol–water partition coefficient (Wildman–Crippen LogP) is 2.70. The van der Waals surface area contributed by atoms with E-state index in [2.05, 4.69) is 4.98 Å². The fraction of sp³-hybridized carbons (Fsp3) is 0.214. The molecule has 1 N–H and O–H groups in total. The number of aromatic nitrogens is 1. The maximum absolute atomic E-state index is 11.8. The van der Waals surface area contributed by atoms with E-state index in [1.165, 1.54) is 11.8 Å². The van der Waals surface area contributed by atoms with Crippen molar-refractivity contribution >= 4 is 28.3 Å². The molecule has 0 aliphatic carbocycles. The maximum Gasteiger partial charge on any atom is 0.347 e. The number of anilines is 1. The molecule has 2 aromatic rings. The SMILES string of the molecule is CC(=O)N(Cc1ccccc1)c1nc(C)c(C(=O)O)s1. The van der Waals surface area contributed by atoms with Gasteiger partial charge in [0.1, 0.15) is 4.88 Å². The van der Waals surface area contributed by atoms with E-state index in [1.54, 1.807) is 6.92 Å². The standard InChI is InChI=1S/C14H14N2O3S/c1-9-12(13(18)19)20-14(15-9)16(10(2)17)8-11-6-4-3-5-7-11/h3-7H,8H2,1-2H3,(H,18,19). The van der Waals surface area contributed by atoms with E-state index < -0.39 is 5.97 Å². The van der Waals surface area contributed by atoms with Gasteiger partial charge in [0.25, 0.3) is 0 Å². The zero-order valence-corrected chi connectivity index (χ0v) is 12.0. The predicted molar refractivity (Wildman–Crippen MR) is 77.1 cm³/mol. The summed E-state index contributed by atoms with van der Waals surface area (Å²) < 4.78 is 0. The minimum atomic E-state index is -1.02. The van der Waals surface area contributed by atoms with Crippen LogP contribution in [0.1, 0.15) is 27.9 Å². The van der Waals surface area contributed by atoms with E-state index in [4.69, 9.17) is 5.11 Å². The van der Waals surface area contributed by atoms with Crippen molar-refractivity contribution < 1.29 is 14.7 Å². The molecule has 0 fully saturated rings. The number of carbonyl (C=O) groups excluding carboxylic acids is 1. The van der Waals surface area contributed by atoms with Gasteiger partial charge in [-0.1, -0.05) is 41.7 Å². The van der Waals surface area contributed by atoms with E-state index in [-0.39, 0.29) is 10.8 Å². The second-order valence-corrected chi connectivity index (χ2v) is 5.28. The zero-order chi connectivity index (χ0) is 14.7. The van der Waals surface area contributed by atoms with Crippen LogP contribution in [0.5, 0.6) is 0 Å². The van der Waals surface area contributed by atoms with Gasteiger partial charge in [0.2, 0.25) is 5.91 Å². The monoisotopic (exact) mass is 290 g/mol. The third kappa shape index (κ3) is 3.03. The second kappa shape index (κ2) is 5.83. The van der Waals surface area contributed by atoms with Crippen molar-refractivity contribution in [2.75, 3.05) is 4.90 Å². The Morgan fingerprint density at radius 1 is 1.30 bits per heavy atom. The van der Waals surface area contributed by atoms with E-state index in [0.717, 1.165) is 16.9 Å². The first-order valence-corrected chi connectivity index (χ1v) is 6.83. The lowest BCUT2D eigenvalue weighted by atomic mass is 10.2.